The summed E-state index contributed by atoms with van der Waals surface area (Å²) in [6, 6.07) is 0. The first-order chi connectivity index (χ1) is 6.65. The first-order valence-corrected chi connectivity index (χ1v) is 5.35. The van der Waals surface area contributed by atoms with E-state index in [4.69, 9.17) is 0 Å². The molecule has 0 saturated heterocycles. The Labute approximate surface area is 85.8 Å². The molecule has 0 heterocycles. The minimum atomic E-state index is -0.682. The molecule has 3 nitrogen and oxygen atoms in total. The van der Waals surface area contributed by atoms with Crippen molar-refractivity contribution in [2.24, 2.45) is 5.92 Å². The largest absolute Gasteiger partial charge is 0.460 e. The SMILES string of the molecule is CCOC(=O)C(=O)CCC(CC)CC. The van der Waals surface area contributed by atoms with Crippen LogP contribution in [0, 0.1) is 5.92 Å². The Hall–Kier alpha value is -0.860. The number of carbonyl (C=O) groups is 2. The third-order valence-electron chi connectivity index (χ3n) is 2.44. The minimum Gasteiger partial charge on any atom is -0.460 e. The molecule has 0 saturated carbocycles. The Bertz CT molecular complexity index is 183. The molecule has 0 rings (SSSR count). The molecule has 0 aromatic carbocycles. The Kier molecular flexibility index (Phi) is 7.07. The van der Waals surface area contributed by atoms with Crippen molar-refractivity contribution in [1.29, 1.82) is 0 Å². The molecule has 0 unspecified atom stereocenters. The number of Topliss-reactive ketones (excluding diaryl/α,β-unsaturated/α-hetero) is 1. The van der Waals surface area contributed by atoms with Crippen molar-refractivity contribution in [2.75, 3.05) is 6.61 Å². The van der Waals surface area contributed by atoms with Crippen LogP contribution in [0.3, 0.4) is 0 Å². The van der Waals surface area contributed by atoms with E-state index in [2.05, 4.69) is 18.6 Å². The van der Waals surface area contributed by atoms with Crippen molar-refractivity contribution in [3.8, 4) is 0 Å². The van der Waals surface area contributed by atoms with Gasteiger partial charge < -0.3 is 4.74 Å². The number of hydrogen-bond donors (Lipinski definition) is 0. The second-order valence-corrected chi connectivity index (χ2v) is 3.36. The van der Waals surface area contributed by atoms with Gasteiger partial charge in [0.15, 0.2) is 0 Å². The van der Waals surface area contributed by atoms with Crippen molar-refractivity contribution < 1.29 is 14.3 Å². The number of esters is 1. The molecule has 0 fully saturated rings. The maximum Gasteiger partial charge on any atom is 0.374 e. The predicted octanol–water partition coefficient (Wildman–Crippen LogP) is 2.33. The van der Waals surface area contributed by atoms with Gasteiger partial charge in [0.05, 0.1) is 6.61 Å². The van der Waals surface area contributed by atoms with Crippen LogP contribution in [0.2, 0.25) is 0 Å². The molecule has 0 aliphatic heterocycles. The summed E-state index contributed by atoms with van der Waals surface area (Å²) in [5.74, 6) is -0.523. The van der Waals surface area contributed by atoms with Gasteiger partial charge in [-0.3, -0.25) is 4.79 Å². The lowest BCUT2D eigenvalue weighted by Gasteiger charge is -2.10. The van der Waals surface area contributed by atoms with Crippen LogP contribution >= 0.6 is 0 Å². The summed E-state index contributed by atoms with van der Waals surface area (Å²) < 4.78 is 4.61. The summed E-state index contributed by atoms with van der Waals surface area (Å²) in [5, 5.41) is 0. The van der Waals surface area contributed by atoms with E-state index in [1.807, 2.05) is 0 Å². The molecule has 0 aliphatic rings. The van der Waals surface area contributed by atoms with Gasteiger partial charge in [-0.05, 0) is 19.3 Å². The van der Waals surface area contributed by atoms with Crippen LogP contribution in [0.25, 0.3) is 0 Å². The molecule has 0 N–H and O–H groups in total. The Morgan fingerprint density at radius 3 is 2.14 bits per heavy atom. The molecule has 0 amide bonds. The maximum absolute atomic E-state index is 11.2. The molecular weight excluding hydrogens is 180 g/mol. The summed E-state index contributed by atoms with van der Waals surface area (Å²) in [6.45, 7) is 6.17. The van der Waals surface area contributed by atoms with Gasteiger partial charge >= 0.3 is 5.97 Å². The highest BCUT2D eigenvalue weighted by Crippen LogP contribution is 2.14. The summed E-state index contributed by atoms with van der Waals surface area (Å²) in [5.41, 5.74) is 0. The first-order valence-electron chi connectivity index (χ1n) is 5.35. The zero-order valence-corrected chi connectivity index (χ0v) is 9.34. The first kappa shape index (κ1) is 13.1. The van der Waals surface area contributed by atoms with Gasteiger partial charge in [-0.25, -0.2) is 4.79 Å². The van der Waals surface area contributed by atoms with Crippen LogP contribution in [0.5, 0.6) is 0 Å². The molecule has 0 aliphatic carbocycles. The van der Waals surface area contributed by atoms with Gasteiger partial charge in [0.2, 0.25) is 5.78 Å². The second-order valence-electron chi connectivity index (χ2n) is 3.36. The smallest absolute Gasteiger partial charge is 0.374 e. The highest BCUT2D eigenvalue weighted by atomic mass is 16.5. The fourth-order valence-electron chi connectivity index (χ4n) is 1.35. The van der Waals surface area contributed by atoms with Gasteiger partial charge in [-0.15, -0.1) is 0 Å². The van der Waals surface area contributed by atoms with Crippen LogP contribution in [-0.4, -0.2) is 18.4 Å². The van der Waals surface area contributed by atoms with E-state index < -0.39 is 11.8 Å². The van der Waals surface area contributed by atoms with Gasteiger partial charge in [-0.1, -0.05) is 26.7 Å². The monoisotopic (exact) mass is 200 g/mol. The highest BCUT2D eigenvalue weighted by molar-refractivity contribution is 6.33. The fraction of sp³-hybridized carbons (Fsp3) is 0.818. The molecular formula is C11H20O3. The average Bonchev–Trinajstić information content (AvgIpc) is 2.19. The molecule has 0 bridgehead atoms. The molecule has 0 aromatic rings. The number of carbonyl (C=O) groups excluding carboxylic acids is 2. The van der Waals surface area contributed by atoms with Crippen molar-refractivity contribution in [1.82, 2.24) is 0 Å². The van der Waals surface area contributed by atoms with Gasteiger partial charge in [0.25, 0.3) is 0 Å². The number of hydrogen-bond acceptors (Lipinski definition) is 3. The maximum atomic E-state index is 11.2. The van der Waals surface area contributed by atoms with E-state index in [0.29, 0.717) is 12.3 Å². The molecule has 0 aromatic heterocycles. The normalized spacial score (nSPS) is 10.3. The van der Waals surface area contributed by atoms with Crippen molar-refractivity contribution in [3.05, 3.63) is 0 Å². The lowest BCUT2D eigenvalue weighted by molar-refractivity contribution is -0.153. The lowest BCUT2D eigenvalue weighted by Crippen LogP contribution is -2.18. The zero-order valence-electron chi connectivity index (χ0n) is 9.34. The molecule has 0 atom stereocenters. The second kappa shape index (κ2) is 7.54. The van der Waals surface area contributed by atoms with E-state index in [9.17, 15) is 9.59 Å². The average molecular weight is 200 g/mol. The zero-order chi connectivity index (χ0) is 11.0. The van der Waals surface area contributed by atoms with E-state index in [-0.39, 0.29) is 6.61 Å². The lowest BCUT2D eigenvalue weighted by atomic mass is 9.96. The molecule has 14 heavy (non-hydrogen) atoms. The van der Waals surface area contributed by atoms with E-state index in [0.717, 1.165) is 19.3 Å². The summed E-state index contributed by atoms with van der Waals surface area (Å²) in [7, 11) is 0. The van der Waals surface area contributed by atoms with Crippen molar-refractivity contribution in [2.45, 2.75) is 46.5 Å². The Morgan fingerprint density at radius 1 is 1.14 bits per heavy atom. The van der Waals surface area contributed by atoms with Gasteiger partial charge in [0.1, 0.15) is 0 Å². The van der Waals surface area contributed by atoms with Gasteiger partial charge in [-0.2, -0.15) is 0 Å². The third-order valence-corrected chi connectivity index (χ3v) is 2.44. The molecule has 3 heteroatoms. The van der Waals surface area contributed by atoms with Crippen molar-refractivity contribution >= 4 is 11.8 Å². The van der Waals surface area contributed by atoms with Crippen LogP contribution in [-0.2, 0) is 14.3 Å². The molecule has 82 valence electrons. The van der Waals surface area contributed by atoms with E-state index in [1.165, 1.54) is 0 Å². The Morgan fingerprint density at radius 2 is 1.71 bits per heavy atom. The number of rotatable bonds is 7. The minimum absolute atomic E-state index is 0.273. The summed E-state index contributed by atoms with van der Waals surface area (Å²) >= 11 is 0. The summed E-state index contributed by atoms with van der Waals surface area (Å²) in [6.07, 6.45) is 3.25. The topological polar surface area (TPSA) is 43.4 Å². The van der Waals surface area contributed by atoms with E-state index >= 15 is 0 Å². The molecule has 0 spiro atoms. The van der Waals surface area contributed by atoms with Crippen LogP contribution in [0.4, 0.5) is 0 Å². The van der Waals surface area contributed by atoms with Gasteiger partial charge in [0, 0.05) is 6.42 Å². The third kappa shape index (κ3) is 5.00. The highest BCUT2D eigenvalue weighted by Gasteiger charge is 2.15. The van der Waals surface area contributed by atoms with Crippen LogP contribution in [0.15, 0.2) is 0 Å². The van der Waals surface area contributed by atoms with Crippen LogP contribution < -0.4 is 0 Å². The number of ether oxygens (including phenoxy) is 1. The fourth-order valence-corrected chi connectivity index (χ4v) is 1.35. The number of ketones is 1. The Balaban J connectivity index is 3.77. The predicted molar refractivity (Wildman–Crippen MR) is 54.9 cm³/mol. The standard InChI is InChI=1S/C11H20O3/c1-4-9(5-2)7-8-10(12)11(13)14-6-3/h9H,4-8H2,1-3H3. The van der Waals surface area contributed by atoms with E-state index in [1.54, 1.807) is 6.92 Å². The van der Waals surface area contributed by atoms with Crippen LogP contribution in [0.1, 0.15) is 46.5 Å². The van der Waals surface area contributed by atoms with Crippen molar-refractivity contribution in [3.63, 3.8) is 0 Å². The molecule has 0 radical (unpaired) electrons. The quantitative estimate of drug-likeness (QED) is 0.468. The summed E-state index contributed by atoms with van der Waals surface area (Å²) in [4.78, 5) is 22.2.